The van der Waals surface area contributed by atoms with E-state index in [-0.39, 0.29) is 11.8 Å². The molecule has 0 radical (unpaired) electrons. The molecule has 2 unspecified atom stereocenters. The maximum atomic E-state index is 12.0. The van der Waals surface area contributed by atoms with Gasteiger partial charge < -0.3 is 15.2 Å². The van der Waals surface area contributed by atoms with Gasteiger partial charge in [0, 0.05) is 6.42 Å². The number of carboxylic acids is 1. The highest BCUT2D eigenvalue weighted by Crippen LogP contribution is 2.28. The van der Waals surface area contributed by atoms with E-state index in [2.05, 4.69) is 5.32 Å². The van der Waals surface area contributed by atoms with Gasteiger partial charge in [-0.05, 0) is 17.5 Å². The number of ether oxygens (including phenoxy) is 1. The summed E-state index contributed by atoms with van der Waals surface area (Å²) in [5.41, 5.74) is 0.971. The third kappa shape index (κ3) is 2.86. The molecule has 1 aliphatic heterocycles. The summed E-state index contributed by atoms with van der Waals surface area (Å²) in [5, 5.41) is 11.6. The van der Waals surface area contributed by atoms with Crippen LogP contribution in [0, 0.1) is 5.92 Å². The lowest BCUT2D eigenvalue weighted by atomic mass is 10.0. The fourth-order valence-electron chi connectivity index (χ4n) is 2.09. The van der Waals surface area contributed by atoms with Crippen LogP contribution in [0.4, 0.5) is 0 Å². The average Bonchev–Trinajstić information content (AvgIpc) is 2.78. The second-order valence-electron chi connectivity index (χ2n) is 4.99. The molecule has 5 nitrogen and oxygen atoms in total. The summed E-state index contributed by atoms with van der Waals surface area (Å²) in [7, 11) is 0. The topological polar surface area (TPSA) is 75.6 Å². The summed E-state index contributed by atoms with van der Waals surface area (Å²) in [6.07, 6.45) is -0.162. The molecule has 2 atom stereocenters. The smallest absolute Gasteiger partial charge is 0.326 e. The predicted octanol–water partition coefficient (Wildman–Crippen LogP) is 1.22. The summed E-state index contributed by atoms with van der Waals surface area (Å²) in [4.78, 5) is 23.1. The number of hydrogen-bond donors (Lipinski definition) is 2. The van der Waals surface area contributed by atoms with Gasteiger partial charge in [0.2, 0.25) is 0 Å². The van der Waals surface area contributed by atoms with Crippen molar-refractivity contribution in [3.63, 3.8) is 0 Å². The molecular formula is C14H17NO4. The van der Waals surface area contributed by atoms with E-state index in [1.807, 2.05) is 18.2 Å². The van der Waals surface area contributed by atoms with Gasteiger partial charge in [-0.25, -0.2) is 4.79 Å². The number of para-hydroxylation sites is 1. The highest BCUT2D eigenvalue weighted by Gasteiger charge is 2.32. The zero-order chi connectivity index (χ0) is 14.0. The van der Waals surface area contributed by atoms with Crippen LogP contribution in [0.2, 0.25) is 0 Å². The molecule has 1 heterocycles. The van der Waals surface area contributed by atoms with E-state index in [4.69, 9.17) is 9.84 Å². The molecule has 1 aromatic carbocycles. The first-order valence-corrected chi connectivity index (χ1v) is 6.26. The third-order valence-corrected chi connectivity index (χ3v) is 3.17. The number of hydrogen-bond acceptors (Lipinski definition) is 3. The zero-order valence-corrected chi connectivity index (χ0v) is 10.9. The molecule has 0 spiro atoms. The molecule has 1 amide bonds. The van der Waals surface area contributed by atoms with Crippen LogP contribution in [-0.2, 0) is 16.0 Å². The van der Waals surface area contributed by atoms with Gasteiger partial charge in [-0.15, -0.1) is 0 Å². The molecule has 0 aliphatic carbocycles. The van der Waals surface area contributed by atoms with Gasteiger partial charge in [-0.2, -0.15) is 0 Å². The first-order chi connectivity index (χ1) is 8.99. The van der Waals surface area contributed by atoms with Crippen LogP contribution in [0.15, 0.2) is 24.3 Å². The number of amides is 1. The molecule has 0 aromatic heterocycles. The Hall–Kier alpha value is -2.04. The first kappa shape index (κ1) is 13.4. The highest BCUT2D eigenvalue weighted by molar-refractivity contribution is 5.87. The van der Waals surface area contributed by atoms with E-state index in [9.17, 15) is 9.59 Å². The van der Waals surface area contributed by atoms with Crippen molar-refractivity contribution in [1.29, 1.82) is 0 Å². The number of carbonyl (C=O) groups is 2. The average molecular weight is 263 g/mol. The Morgan fingerprint density at radius 1 is 1.37 bits per heavy atom. The van der Waals surface area contributed by atoms with Crippen molar-refractivity contribution >= 4 is 11.9 Å². The molecule has 2 rings (SSSR count). The van der Waals surface area contributed by atoms with Crippen molar-refractivity contribution in [2.45, 2.75) is 32.4 Å². The van der Waals surface area contributed by atoms with Crippen molar-refractivity contribution < 1.29 is 19.4 Å². The van der Waals surface area contributed by atoms with Crippen LogP contribution in [0.1, 0.15) is 19.4 Å². The van der Waals surface area contributed by atoms with E-state index in [1.165, 1.54) is 0 Å². The number of fused-ring (bicyclic) bond motifs is 1. The molecule has 0 saturated carbocycles. The normalized spacial score (nSPS) is 18.6. The summed E-state index contributed by atoms with van der Waals surface area (Å²) < 4.78 is 5.52. The Balaban J connectivity index is 2.01. The largest absolute Gasteiger partial charge is 0.480 e. The Bertz CT molecular complexity index is 473. The summed E-state index contributed by atoms with van der Waals surface area (Å²) in [5.74, 6) is -0.888. The summed E-state index contributed by atoms with van der Waals surface area (Å²) in [6, 6.07) is 6.54. The molecule has 5 heteroatoms. The lowest BCUT2D eigenvalue weighted by Gasteiger charge is -2.20. The van der Waals surface area contributed by atoms with Gasteiger partial charge in [0.05, 0.1) is 0 Å². The van der Waals surface area contributed by atoms with E-state index in [1.54, 1.807) is 19.9 Å². The second-order valence-corrected chi connectivity index (χ2v) is 4.99. The van der Waals surface area contributed by atoms with Crippen LogP contribution in [0.25, 0.3) is 0 Å². The SMILES string of the molecule is CC(C)C(NC(=O)C1Cc2ccccc2O1)C(=O)O. The molecule has 2 N–H and O–H groups in total. The minimum Gasteiger partial charge on any atom is -0.480 e. The van der Waals surface area contributed by atoms with Crippen molar-refractivity contribution in [3.8, 4) is 5.75 Å². The van der Waals surface area contributed by atoms with Crippen molar-refractivity contribution in [2.24, 2.45) is 5.92 Å². The number of carboxylic acid groups (broad SMARTS) is 1. The number of benzene rings is 1. The molecule has 0 fully saturated rings. The lowest BCUT2D eigenvalue weighted by molar-refractivity contribution is -0.144. The van der Waals surface area contributed by atoms with Crippen LogP contribution >= 0.6 is 0 Å². The summed E-state index contributed by atoms with van der Waals surface area (Å²) >= 11 is 0. The van der Waals surface area contributed by atoms with Gasteiger partial charge in [0.1, 0.15) is 11.8 Å². The predicted molar refractivity (Wildman–Crippen MR) is 69.0 cm³/mol. The fraction of sp³-hybridized carbons (Fsp3) is 0.429. The van der Waals surface area contributed by atoms with Crippen molar-refractivity contribution in [1.82, 2.24) is 5.32 Å². The van der Waals surface area contributed by atoms with Gasteiger partial charge in [-0.3, -0.25) is 4.79 Å². The van der Waals surface area contributed by atoms with Gasteiger partial charge >= 0.3 is 5.97 Å². The van der Waals surface area contributed by atoms with Crippen molar-refractivity contribution in [3.05, 3.63) is 29.8 Å². The molecule has 1 aromatic rings. The number of carbonyl (C=O) groups excluding carboxylic acids is 1. The maximum absolute atomic E-state index is 12.0. The van der Waals surface area contributed by atoms with Crippen molar-refractivity contribution in [2.75, 3.05) is 0 Å². The number of rotatable bonds is 4. The number of nitrogens with one attached hydrogen (secondary N) is 1. The monoisotopic (exact) mass is 263 g/mol. The lowest BCUT2D eigenvalue weighted by Crippen LogP contribution is -2.49. The Morgan fingerprint density at radius 3 is 2.63 bits per heavy atom. The quantitative estimate of drug-likeness (QED) is 0.856. The van der Waals surface area contributed by atoms with E-state index < -0.39 is 18.1 Å². The second kappa shape index (κ2) is 5.30. The van der Waals surface area contributed by atoms with Gasteiger partial charge in [-0.1, -0.05) is 32.0 Å². The molecule has 0 bridgehead atoms. The van der Waals surface area contributed by atoms with Crippen LogP contribution in [-0.4, -0.2) is 29.1 Å². The standard InChI is InChI=1S/C14H17NO4/c1-8(2)12(14(17)18)15-13(16)11-7-9-5-3-4-6-10(9)19-11/h3-6,8,11-12H,7H2,1-2H3,(H,15,16)(H,17,18). The van der Waals surface area contributed by atoms with Gasteiger partial charge in [0.25, 0.3) is 5.91 Å². The molecule has 102 valence electrons. The Morgan fingerprint density at radius 2 is 2.05 bits per heavy atom. The zero-order valence-electron chi connectivity index (χ0n) is 10.9. The Labute approximate surface area is 111 Å². The molecular weight excluding hydrogens is 246 g/mol. The maximum Gasteiger partial charge on any atom is 0.326 e. The van der Waals surface area contributed by atoms with Crippen LogP contribution in [0.5, 0.6) is 5.75 Å². The minimum atomic E-state index is -1.03. The fourth-order valence-corrected chi connectivity index (χ4v) is 2.09. The van der Waals surface area contributed by atoms with Gasteiger partial charge in [0.15, 0.2) is 6.10 Å². The molecule has 0 saturated heterocycles. The third-order valence-electron chi connectivity index (χ3n) is 3.17. The van der Waals surface area contributed by atoms with E-state index in [0.29, 0.717) is 12.2 Å². The van der Waals surface area contributed by atoms with Crippen LogP contribution < -0.4 is 10.1 Å². The Kier molecular flexibility index (Phi) is 3.74. The summed E-state index contributed by atoms with van der Waals surface area (Å²) in [6.45, 7) is 3.51. The number of aliphatic carboxylic acids is 1. The first-order valence-electron chi connectivity index (χ1n) is 6.26. The minimum absolute atomic E-state index is 0.176. The van der Waals surface area contributed by atoms with E-state index in [0.717, 1.165) is 5.56 Å². The van der Waals surface area contributed by atoms with Crippen LogP contribution in [0.3, 0.4) is 0 Å². The molecule has 19 heavy (non-hydrogen) atoms. The highest BCUT2D eigenvalue weighted by atomic mass is 16.5. The molecule has 1 aliphatic rings. The van der Waals surface area contributed by atoms with E-state index >= 15 is 0 Å².